The second-order valence-electron chi connectivity index (χ2n) is 6.97. The van der Waals surface area contributed by atoms with Gasteiger partial charge in [-0.2, -0.15) is 4.31 Å². The van der Waals surface area contributed by atoms with Gasteiger partial charge in [0.05, 0.1) is 4.90 Å². The van der Waals surface area contributed by atoms with Gasteiger partial charge in [0.15, 0.2) is 0 Å². The van der Waals surface area contributed by atoms with Gasteiger partial charge in [0.25, 0.3) is 0 Å². The highest BCUT2D eigenvalue weighted by Gasteiger charge is 2.39. The van der Waals surface area contributed by atoms with Gasteiger partial charge >= 0.3 is 0 Å². The minimum atomic E-state index is -3.62. The summed E-state index contributed by atoms with van der Waals surface area (Å²) in [4.78, 5) is 12.8. The summed E-state index contributed by atoms with van der Waals surface area (Å²) in [5.41, 5.74) is 0. The lowest BCUT2D eigenvalue weighted by Gasteiger charge is -2.25. The molecule has 0 spiro atoms. The molecule has 0 aromatic heterocycles. The molecular weight excluding hydrogens is 324 g/mol. The summed E-state index contributed by atoms with van der Waals surface area (Å²) >= 11 is 0. The van der Waals surface area contributed by atoms with Crippen LogP contribution in [0.1, 0.15) is 46.5 Å². The van der Waals surface area contributed by atoms with Crippen LogP contribution in [0.15, 0.2) is 35.2 Å². The van der Waals surface area contributed by atoms with Crippen LogP contribution in [0.2, 0.25) is 0 Å². The number of rotatable bonds is 7. The smallest absolute Gasteiger partial charge is 0.243 e. The maximum Gasteiger partial charge on any atom is 0.243 e. The number of hydrogen-bond donors (Lipinski definition) is 1. The molecule has 6 heteroatoms. The van der Waals surface area contributed by atoms with Crippen LogP contribution in [-0.2, 0) is 14.8 Å². The quantitative estimate of drug-likeness (QED) is 0.820. The van der Waals surface area contributed by atoms with Crippen molar-refractivity contribution in [2.24, 2.45) is 5.92 Å². The van der Waals surface area contributed by atoms with Crippen molar-refractivity contribution in [1.82, 2.24) is 9.62 Å². The maximum absolute atomic E-state index is 12.8. The zero-order chi connectivity index (χ0) is 17.7. The van der Waals surface area contributed by atoms with Gasteiger partial charge in [0.1, 0.15) is 6.04 Å². The van der Waals surface area contributed by atoms with Gasteiger partial charge in [-0.1, -0.05) is 32.0 Å². The molecule has 0 bridgehead atoms. The molecule has 1 aliphatic heterocycles. The Morgan fingerprint density at radius 3 is 2.50 bits per heavy atom. The Bertz CT molecular complexity index is 643. The molecule has 1 aromatic carbocycles. The normalized spacial score (nSPS) is 20.2. The first-order valence-corrected chi connectivity index (χ1v) is 10.1. The van der Waals surface area contributed by atoms with Crippen LogP contribution < -0.4 is 5.32 Å². The molecular formula is C18H28N2O3S. The third-order valence-electron chi connectivity index (χ3n) is 4.42. The van der Waals surface area contributed by atoms with E-state index in [9.17, 15) is 13.2 Å². The highest BCUT2D eigenvalue weighted by atomic mass is 32.2. The third kappa shape index (κ3) is 4.57. The summed E-state index contributed by atoms with van der Waals surface area (Å²) in [6, 6.07) is 7.79. The highest BCUT2D eigenvalue weighted by Crippen LogP contribution is 2.26. The number of carbonyl (C=O) groups is 1. The van der Waals surface area contributed by atoms with Gasteiger partial charge in [-0.15, -0.1) is 0 Å². The van der Waals surface area contributed by atoms with Gasteiger partial charge in [-0.3, -0.25) is 4.79 Å². The lowest BCUT2D eigenvalue weighted by Crippen LogP contribution is -2.48. The molecule has 1 heterocycles. The molecule has 2 unspecified atom stereocenters. The molecule has 1 saturated heterocycles. The van der Waals surface area contributed by atoms with Crippen LogP contribution >= 0.6 is 0 Å². The molecule has 1 aliphatic rings. The van der Waals surface area contributed by atoms with Crippen LogP contribution in [0.5, 0.6) is 0 Å². The molecule has 0 radical (unpaired) electrons. The van der Waals surface area contributed by atoms with E-state index in [1.54, 1.807) is 30.3 Å². The van der Waals surface area contributed by atoms with E-state index in [1.807, 2.05) is 6.92 Å². The molecule has 5 nitrogen and oxygen atoms in total. The van der Waals surface area contributed by atoms with Crippen LogP contribution in [0.25, 0.3) is 0 Å². The summed E-state index contributed by atoms with van der Waals surface area (Å²) in [7, 11) is -3.62. The Balaban J connectivity index is 2.06. The fourth-order valence-corrected chi connectivity index (χ4v) is 4.69. The fourth-order valence-electron chi connectivity index (χ4n) is 3.01. The number of nitrogens with one attached hydrogen (secondary N) is 1. The molecule has 2 atom stereocenters. The summed E-state index contributed by atoms with van der Waals surface area (Å²) in [5, 5.41) is 2.99. The Morgan fingerprint density at radius 1 is 1.21 bits per heavy atom. The van der Waals surface area contributed by atoms with E-state index >= 15 is 0 Å². The number of benzene rings is 1. The average Bonchev–Trinajstić information content (AvgIpc) is 3.04. The molecule has 1 N–H and O–H groups in total. The lowest BCUT2D eigenvalue weighted by atomic mass is 10.0. The highest BCUT2D eigenvalue weighted by molar-refractivity contribution is 7.89. The van der Waals surface area contributed by atoms with Crippen molar-refractivity contribution >= 4 is 15.9 Å². The van der Waals surface area contributed by atoms with Crippen molar-refractivity contribution in [3.8, 4) is 0 Å². The van der Waals surface area contributed by atoms with Crippen LogP contribution in [0.4, 0.5) is 0 Å². The van der Waals surface area contributed by atoms with Gasteiger partial charge in [0.2, 0.25) is 15.9 Å². The maximum atomic E-state index is 12.8. The second-order valence-corrected chi connectivity index (χ2v) is 8.86. The van der Waals surface area contributed by atoms with Crippen LogP contribution in [0.3, 0.4) is 0 Å². The Labute approximate surface area is 145 Å². The van der Waals surface area contributed by atoms with Gasteiger partial charge in [-0.25, -0.2) is 8.42 Å². The number of hydrogen-bond acceptors (Lipinski definition) is 3. The molecule has 2 rings (SSSR count). The summed E-state index contributed by atoms with van der Waals surface area (Å²) in [6.07, 6.45) is 3.24. The van der Waals surface area contributed by atoms with Crippen LogP contribution in [0, 0.1) is 5.92 Å². The fraction of sp³-hybridized carbons (Fsp3) is 0.611. The van der Waals surface area contributed by atoms with Gasteiger partial charge in [0, 0.05) is 12.6 Å². The van der Waals surface area contributed by atoms with E-state index in [1.165, 1.54) is 4.31 Å². The molecule has 134 valence electrons. The Morgan fingerprint density at radius 2 is 1.88 bits per heavy atom. The first kappa shape index (κ1) is 18.9. The predicted molar refractivity (Wildman–Crippen MR) is 95.0 cm³/mol. The molecule has 1 amide bonds. The minimum absolute atomic E-state index is 0.0572. The topological polar surface area (TPSA) is 66.5 Å². The number of sulfonamides is 1. The lowest BCUT2D eigenvalue weighted by molar-refractivity contribution is -0.124. The molecule has 1 aromatic rings. The average molecular weight is 353 g/mol. The molecule has 1 fully saturated rings. The van der Waals surface area contributed by atoms with E-state index < -0.39 is 16.1 Å². The van der Waals surface area contributed by atoms with E-state index in [4.69, 9.17) is 0 Å². The van der Waals surface area contributed by atoms with Crippen molar-refractivity contribution in [3.63, 3.8) is 0 Å². The van der Waals surface area contributed by atoms with E-state index in [0.29, 0.717) is 25.3 Å². The van der Waals surface area contributed by atoms with Crippen molar-refractivity contribution in [1.29, 1.82) is 0 Å². The number of amides is 1. The first-order valence-electron chi connectivity index (χ1n) is 8.69. The molecule has 24 heavy (non-hydrogen) atoms. The summed E-state index contributed by atoms with van der Waals surface area (Å²) in [5.74, 6) is 0.411. The van der Waals surface area contributed by atoms with Crippen LogP contribution in [-0.4, -0.2) is 37.3 Å². The number of carbonyl (C=O) groups excluding carboxylic acids is 1. The van der Waals surface area contributed by atoms with Crippen molar-refractivity contribution in [2.75, 3.05) is 6.54 Å². The standard InChI is InChI=1S/C18H28N2O3S/c1-14(2)11-12-15(3)19-18(21)17-10-7-13-20(17)24(22,23)16-8-5-4-6-9-16/h4-6,8-9,14-15,17H,7,10-13H2,1-3H3,(H,19,21). The zero-order valence-corrected chi connectivity index (χ0v) is 15.6. The minimum Gasteiger partial charge on any atom is -0.352 e. The van der Waals surface area contributed by atoms with Gasteiger partial charge in [-0.05, 0) is 50.7 Å². The molecule has 0 aliphatic carbocycles. The monoisotopic (exact) mass is 352 g/mol. The number of nitrogens with zero attached hydrogens (tertiary/aromatic N) is 1. The predicted octanol–water partition coefficient (Wildman–Crippen LogP) is 2.78. The summed E-state index contributed by atoms with van der Waals surface area (Å²) < 4.78 is 26.9. The Hall–Kier alpha value is -1.40. The third-order valence-corrected chi connectivity index (χ3v) is 6.34. The first-order chi connectivity index (χ1) is 11.3. The van der Waals surface area contributed by atoms with E-state index in [2.05, 4.69) is 19.2 Å². The summed E-state index contributed by atoms with van der Waals surface area (Å²) in [6.45, 7) is 6.68. The zero-order valence-electron chi connectivity index (χ0n) is 14.7. The Kier molecular flexibility index (Phi) is 6.40. The van der Waals surface area contributed by atoms with E-state index in [-0.39, 0.29) is 16.8 Å². The van der Waals surface area contributed by atoms with Crippen molar-refractivity contribution < 1.29 is 13.2 Å². The van der Waals surface area contributed by atoms with Crippen molar-refractivity contribution in [3.05, 3.63) is 30.3 Å². The largest absolute Gasteiger partial charge is 0.352 e. The SMILES string of the molecule is CC(C)CCC(C)NC(=O)C1CCCN1S(=O)(=O)c1ccccc1. The molecule has 0 saturated carbocycles. The second kappa shape index (κ2) is 8.12. The van der Waals surface area contributed by atoms with E-state index in [0.717, 1.165) is 12.8 Å². The van der Waals surface area contributed by atoms with Gasteiger partial charge < -0.3 is 5.32 Å². The van der Waals surface area contributed by atoms with Crippen molar-refractivity contribution in [2.45, 2.75) is 63.4 Å².